The summed E-state index contributed by atoms with van der Waals surface area (Å²) in [7, 11) is 0. The Labute approximate surface area is 135 Å². The Hall–Kier alpha value is -2.56. The summed E-state index contributed by atoms with van der Waals surface area (Å²) in [4.78, 5) is 22.9. The maximum absolute atomic E-state index is 11.9. The van der Waals surface area contributed by atoms with Crippen LogP contribution in [0.2, 0.25) is 0 Å². The molecule has 7 heteroatoms. The van der Waals surface area contributed by atoms with Crippen LogP contribution in [0.15, 0.2) is 24.3 Å². The number of hydrogen-bond donors (Lipinski definition) is 4. The third-order valence-corrected chi connectivity index (χ3v) is 3.03. The quantitative estimate of drug-likeness (QED) is 0.240. The number of carbonyl (C=O) groups excluding carboxylic acids is 2. The summed E-state index contributed by atoms with van der Waals surface area (Å²) in [5.74, 6) is 5.30. The number of rotatable bonds is 8. The first-order chi connectivity index (χ1) is 11.1. The van der Waals surface area contributed by atoms with Crippen molar-refractivity contribution in [2.45, 2.75) is 25.8 Å². The third kappa shape index (κ3) is 6.82. The van der Waals surface area contributed by atoms with Gasteiger partial charge in [0.05, 0.1) is 6.04 Å². The van der Waals surface area contributed by atoms with E-state index in [-0.39, 0.29) is 5.91 Å². The molecule has 7 nitrogen and oxygen atoms in total. The molecule has 1 aromatic carbocycles. The Morgan fingerprint density at radius 2 is 2.04 bits per heavy atom. The fraction of sp³-hybridized carbons (Fsp3) is 0.375. The summed E-state index contributed by atoms with van der Waals surface area (Å²) in [5.41, 5.74) is 7.52. The number of amides is 2. The minimum Gasteiger partial charge on any atom is -0.481 e. The molecule has 1 atom stereocenters. The van der Waals surface area contributed by atoms with Gasteiger partial charge >= 0.3 is 0 Å². The average Bonchev–Trinajstić information content (AvgIpc) is 2.58. The lowest BCUT2D eigenvalue weighted by Crippen LogP contribution is -2.39. The standard InChI is InChI=1S/C16H21N3O4/c1-2-3-11-23-13-8-6-12(7-9-13)15(20)18-10-4-5-14(17)16(21)19-22/h6-9,14,22H,4-5,10-11,17H2,1H3,(H,18,20)(H,19,21). The van der Waals surface area contributed by atoms with Gasteiger partial charge in [-0.05, 0) is 44.0 Å². The number of nitrogens with two attached hydrogens (primary N) is 1. The largest absolute Gasteiger partial charge is 0.481 e. The molecule has 0 radical (unpaired) electrons. The van der Waals surface area contributed by atoms with Gasteiger partial charge in [-0.15, -0.1) is 5.92 Å². The van der Waals surface area contributed by atoms with Crippen LogP contribution in [0.1, 0.15) is 30.1 Å². The van der Waals surface area contributed by atoms with Crippen molar-refractivity contribution in [3.05, 3.63) is 29.8 Å². The Balaban J connectivity index is 2.34. The summed E-state index contributed by atoms with van der Waals surface area (Å²) in [6.07, 6.45) is 0.884. The molecule has 1 rings (SSSR count). The van der Waals surface area contributed by atoms with E-state index in [1.807, 2.05) is 0 Å². The first-order valence-electron chi connectivity index (χ1n) is 7.18. The van der Waals surface area contributed by atoms with Crippen LogP contribution in [0.5, 0.6) is 5.75 Å². The monoisotopic (exact) mass is 319 g/mol. The van der Waals surface area contributed by atoms with Gasteiger partial charge in [0.15, 0.2) is 0 Å². The highest BCUT2D eigenvalue weighted by atomic mass is 16.5. The molecule has 1 unspecified atom stereocenters. The van der Waals surface area contributed by atoms with E-state index < -0.39 is 11.9 Å². The van der Waals surface area contributed by atoms with Crippen molar-refractivity contribution in [1.82, 2.24) is 10.8 Å². The fourth-order valence-electron chi connectivity index (χ4n) is 1.73. The lowest BCUT2D eigenvalue weighted by molar-refractivity contribution is -0.130. The van der Waals surface area contributed by atoms with E-state index >= 15 is 0 Å². The van der Waals surface area contributed by atoms with Crippen molar-refractivity contribution < 1.29 is 19.5 Å². The van der Waals surface area contributed by atoms with Crippen molar-refractivity contribution in [1.29, 1.82) is 0 Å². The van der Waals surface area contributed by atoms with Crippen LogP contribution in [0.3, 0.4) is 0 Å². The SMILES string of the molecule is CC#CCOc1ccc(C(=O)NCCCC(N)C(=O)NO)cc1. The molecule has 0 saturated carbocycles. The van der Waals surface area contributed by atoms with Crippen molar-refractivity contribution >= 4 is 11.8 Å². The predicted octanol–water partition coefficient (Wildman–Crippen LogP) is 0.431. The normalized spacial score (nSPS) is 10.9. The number of hydrogen-bond acceptors (Lipinski definition) is 5. The van der Waals surface area contributed by atoms with Gasteiger partial charge in [0.2, 0.25) is 0 Å². The zero-order chi connectivity index (χ0) is 17.1. The van der Waals surface area contributed by atoms with Crippen molar-refractivity contribution in [2.75, 3.05) is 13.2 Å². The van der Waals surface area contributed by atoms with Crippen LogP contribution in [0.4, 0.5) is 0 Å². The molecule has 23 heavy (non-hydrogen) atoms. The Bertz CT molecular complexity index is 575. The van der Waals surface area contributed by atoms with Crippen LogP contribution in [0.25, 0.3) is 0 Å². The molecule has 2 amide bonds. The first kappa shape index (κ1) is 18.5. The average molecular weight is 319 g/mol. The van der Waals surface area contributed by atoms with Crippen LogP contribution < -0.4 is 21.3 Å². The van der Waals surface area contributed by atoms with Gasteiger partial charge in [-0.1, -0.05) is 5.92 Å². The second-order valence-corrected chi connectivity index (χ2v) is 4.72. The van der Waals surface area contributed by atoms with Crippen molar-refractivity contribution in [3.8, 4) is 17.6 Å². The smallest absolute Gasteiger partial charge is 0.260 e. The van der Waals surface area contributed by atoms with Crippen LogP contribution in [-0.2, 0) is 4.79 Å². The van der Waals surface area contributed by atoms with Gasteiger partial charge < -0.3 is 15.8 Å². The zero-order valence-electron chi connectivity index (χ0n) is 13.0. The summed E-state index contributed by atoms with van der Waals surface area (Å²) < 4.78 is 5.36. The molecule has 1 aromatic rings. The molecule has 0 aliphatic rings. The van der Waals surface area contributed by atoms with Crippen LogP contribution >= 0.6 is 0 Å². The number of ether oxygens (including phenoxy) is 1. The molecule has 0 saturated heterocycles. The Morgan fingerprint density at radius 3 is 2.65 bits per heavy atom. The maximum atomic E-state index is 11.9. The number of benzene rings is 1. The molecular weight excluding hydrogens is 298 g/mol. The van der Waals surface area contributed by atoms with E-state index in [2.05, 4.69) is 17.2 Å². The van der Waals surface area contributed by atoms with Gasteiger partial charge in [0.25, 0.3) is 11.8 Å². The van der Waals surface area contributed by atoms with Crippen LogP contribution in [-0.4, -0.2) is 36.2 Å². The second-order valence-electron chi connectivity index (χ2n) is 4.72. The van der Waals surface area contributed by atoms with E-state index in [1.54, 1.807) is 31.2 Å². The van der Waals surface area contributed by atoms with E-state index in [1.165, 1.54) is 5.48 Å². The molecule has 0 heterocycles. The van der Waals surface area contributed by atoms with Gasteiger partial charge in [-0.25, -0.2) is 5.48 Å². The van der Waals surface area contributed by atoms with E-state index in [0.29, 0.717) is 37.3 Å². The minimum absolute atomic E-state index is 0.218. The highest BCUT2D eigenvalue weighted by Gasteiger charge is 2.12. The number of nitrogens with one attached hydrogen (secondary N) is 2. The number of hydroxylamine groups is 1. The Morgan fingerprint density at radius 1 is 1.35 bits per heavy atom. The zero-order valence-corrected chi connectivity index (χ0v) is 13.0. The van der Waals surface area contributed by atoms with E-state index in [9.17, 15) is 9.59 Å². The summed E-state index contributed by atoms with van der Waals surface area (Å²) in [5, 5.41) is 11.2. The highest BCUT2D eigenvalue weighted by Crippen LogP contribution is 2.12. The van der Waals surface area contributed by atoms with Gasteiger partial charge in [0, 0.05) is 12.1 Å². The molecule has 124 valence electrons. The topological polar surface area (TPSA) is 114 Å². The molecule has 0 aliphatic carbocycles. The molecule has 0 fully saturated rings. The summed E-state index contributed by atoms with van der Waals surface area (Å²) >= 11 is 0. The third-order valence-electron chi connectivity index (χ3n) is 3.03. The lowest BCUT2D eigenvalue weighted by Gasteiger charge is -2.10. The lowest BCUT2D eigenvalue weighted by atomic mass is 10.1. The molecule has 0 aromatic heterocycles. The molecular formula is C16H21N3O4. The van der Waals surface area contributed by atoms with E-state index in [4.69, 9.17) is 15.7 Å². The Kier molecular flexibility index (Phi) is 8.21. The number of carbonyl (C=O) groups is 2. The maximum Gasteiger partial charge on any atom is 0.260 e. The van der Waals surface area contributed by atoms with Crippen LogP contribution in [0, 0.1) is 11.8 Å². The molecule has 0 spiro atoms. The predicted molar refractivity (Wildman–Crippen MR) is 84.9 cm³/mol. The van der Waals surface area contributed by atoms with Gasteiger partial charge in [-0.3, -0.25) is 14.8 Å². The summed E-state index contributed by atoms with van der Waals surface area (Å²) in [6, 6.07) is 5.94. The minimum atomic E-state index is -0.792. The van der Waals surface area contributed by atoms with Gasteiger partial charge in [0.1, 0.15) is 12.4 Å². The first-order valence-corrected chi connectivity index (χ1v) is 7.18. The second kappa shape index (κ2) is 10.2. The molecule has 5 N–H and O–H groups in total. The summed E-state index contributed by atoms with van der Waals surface area (Å²) in [6.45, 7) is 2.43. The van der Waals surface area contributed by atoms with Crippen molar-refractivity contribution in [2.24, 2.45) is 5.73 Å². The highest BCUT2D eigenvalue weighted by molar-refractivity contribution is 5.94. The van der Waals surface area contributed by atoms with Gasteiger partial charge in [-0.2, -0.15) is 0 Å². The van der Waals surface area contributed by atoms with E-state index in [0.717, 1.165) is 0 Å². The molecule has 0 bridgehead atoms. The fourth-order valence-corrected chi connectivity index (χ4v) is 1.73. The molecule has 0 aliphatic heterocycles. The van der Waals surface area contributed by atoms with Crippen molar-refractivity contribution in [3.63, 3.8) is 0 Å².